The van der Waals surface area contributed by atoms with E-state index < -0.39 is 0 Å². The molecule has 0 radical (unpaired) electrons. The molecule has 1 unspecified atom stereocenters. The first kappa shape index (κ1) is 9.18. The molecule has 13 heavy (non-hydrogen) atoms. The SMILES string of the molecule is OCc1c(Br)cnn1C1CCOC1. The van der Waals surface area contributed by atoms with Crippen LogP contribution in [0.2, 0.25) is 0 Å². The number of nitrogens with zero attached hydrogens (tertiary/aromatic N) is 2. The molecule has 0 saturated carbocycles. The van der Waals surface area contributed by atoms with E-state index in [4.69, 9.17) is 9.84 Å². The number of halogens is 1. The second-order valence-electron chi connectivity index (χ2n) is 3.06. The maximum Gasteiger partial charge on any atom is 0.0861 e. The Kier molecular flexibility index (Phi) is 2.66. The van der Waals surface area contributed by atoms with Crippen LogP contribution in [0.5, 0.6) is 0 Å². The van der Waals surface area contributed by atoms with Crippen molar-refractivity contribution >= 4 is 15.9 Å². The van der Waals surface area contributed by atoms with Crippen LogP contribution in [0.1, 0.15) is 18.2 Å². The zero-order valence-corrected chi connectivity index (χ0v) is 8.70. The molecule has 1 aromatic heterocycles. The first-order valence-corrected chi connectivity index (χ1v) is 5.02. The Labute approximate surface area is 84.6 Å². The van der Waals surface area contributed by atoms with Crippen molar-refractivity contribution in [1.82, 2.24) is 9.78 Å². The molecule has 1 aromatic rings. The van der Waals surface area contributed by atoms with Crippen molar-refractivity contribution in [3.8, 4) is 0 Å². The van der Waals surface area contributed by atoms with Crippen LogP contribution in [-0.2, 0) is 11.3 Å². The van der Waals surface area contributed by atoms with Gasteiger partial charge in [0.25, 0.3) is 0 Å². The Bertz CT molecular complexity index is 294. The average Bonchev–Trinajstić information content (AvgIpc) is 2.71. The molecule has 1 fully saturated rings. The number of ether oxygens (including phenoxy) is 1. The molecule has 4 nitrogen and oxygen atoms in total. The summed E-state index contributed by atoms with van der Waals surface area (Å²) in [6, 6.07) is 0.286. The molecular weight excluding hydrogens is 236 g/mol. The monoisotopic (exact) mass is 246 g/mol. The molecule has 1 aliphatic heterocycles. The summed E-state index contributed by atoms with van der Waals surface area (Å²) in [6.07, 6.45) is 2.69. The number of hydrogen-bond donors (Lipinski definition) is 1. The van der Waals surface area contributed by atoms with E-state index in [9.17, 15) is 0 Å². The fourth-order valence-corrected chi connectivity index (χ4v) is 1.94. The zero-order chi connectivity index (χ0) is 9.26. The van der Waals surface area contributed by atoms with E-state index >= 15 is 0 Å². The predicted molar refractivity (Wildman–Crippen MR) is 50.3 cm³/mol. The molecule has 5 heteroatoms. The van der Waals surface area contributed by atoms with E-state index in [-0.39, 0.29) is 12.6 Å². The third kappa shape index (κ3) is 1.63. The molecule has 2 heterocycles. The van der Waals surface area contributed by atoms with Gasteiger partial charge in [0.15, 0.2) is 0 Å². The van der Waals surface area contributed by atoms with Gasteiger partial charge >= 0.3 is 0 Å². The lowest BCUT2D eigenvalue weighted by Gasteiger charge is -2.11. The maximum atomic E-state index is 9.12. The number of rotatable bonds is 2. The van der Waals surface area contributed by atoms with Gasteiger partial charge in [-0.25, -0.2) is 0 Å². The molecule has 1 atom stereocenters. The smallest absolute Gasteiger partial charge is 0.0861 e. The number of aliphatic hydroxyl groups excluding tert-OH is 1. The van der Waals surface area contributed by atoms with Crippen molar-refractivity contribution < 1.29 is 9.84 Å². The summed E-state index contributed by atoms with van der Waals surface area (Å²) in [5.41, 5.74) is 0.829. The van der Waals surface area contributed by atoms with E-state index in [2.05, 4.69) is 21.0 Å². The van der Waals surface area contributed by atoms with Gasteiger partial charge in [-0.2, -0.15) is 5.10 Å². The van der Waals surface area contributed by atoms with Gasteiger partial charge < -0.3 is 9.84 Å². The molecule has 0 aliphatic carbocycles. The Balaban J connectivity index is 2.27. The van der Waals surface area contributed by atoms with Crippen LogP contribution in [0.4, 0.5) is 0 Å². The minimum Gasteiger partial charge on any atom is -0.390 e. The lowest BCUT2D eigenvalue weighted by Crippen LogP contribution is -2.13. The first-order valence-electron chi connectivity index (χ1n) is 4.23. The van der Waals surface area contributed by atoms with Crippen LogP contribution < -0.4 is 0 Å². The summed E-state index contributed by atoms with van der Waals surface area (Å²) in [5.74, 6) is 0. The minimum absolute atomic E-state index is 0.0110. The van der Waals surface area contributed by atoms with Crippen molar-refractivity contribution in [1.29, 1.82) is 0 Å². The Hall–Kier alpha value is -0.390. The molecule has 2 rings (SSSR count). The summed E-state index contributed by atoms with van der Waals surface area (Å²) in [7, 11) is 0. The summed E-state index contributed by atoms with van der Waals surface area (Å²) in [5, 5.41) is 13.3. The molecule has 0 aromatic carbocycles. The summed E-state index contributed by atoms with van der Waals surface area (Å²) in [4.78, 5) is 0. The van der Waals surface area contributed by atoms with E-state index in [1.165, 1.54) is 0 Å². The molecule has 0 bridgehead atoms. The van der Waals surface area contributed by atoms with Gasteiger partial charge in [0.05, 0.1) is 35.6 Å². The molecular formula is C8H11BrN2O2. The van der Waals surface area contributed by atoms with Crippen LogP contribution in [0.25, 0.3) is 0 Å². The van der Waals surface area contributed by atoms with Crippen molar-refractivity contribution in [2.24, 2.45) is 0 Å². The topological polar surface area (TPSA) is 47.3 Å². The van der Waals surface area contributed by atoms with Gasteiger partial charge in [-0.15, -0.1) is 0 Å². The maximum absolute atomic E-state index is 9.12. The highest BCUT2D eigenvalue weighted by atomic mass is 79.9. The van der Waals surface area contributed by atoms with Crippen LogP contribution >= 0.6 is 15.9 Å². The van der Waals surface area contributed by atoms with Crippen LogP contribution in [0, 0.1) is 0 Å². The molecule has 72 valence electrons. The quantitative estimate of drug-likeness (QED) is 0.851. The van der Waals surface area contributed by atoms with Crippen LogP contribution in [0.3, 0.4) is 0 Å². The largest absolute Gasteiger partial charge is 0.390 e. The van der Waals surface area contributed by atoms with Gasteiger partial charge in [-0.1, -0.05) is 0 Å². The molecule has 1 saturated heterocycles. The number of aromatic nitrogens is 2. The lowest BCUT2D eigenvalue weighted by molar-refractivity contribution is 0.181. The highest BCUT2D eigenvalue weighted by molar-refractivity contribution is 9.10. The summed E-state index contributed by atoms with van der Waals surface area (Å²) >= 11 is 3.34. The van der Waals surface area contributed by atoms with E-state index in [1.54, 1.807) is 6.20 Å². The Morgan fingerprint density at radius 1 is 1.77 bits per heavy atom. The molecule has 1 aliphatic rings. The minimum atomic E-state index is 0.0110. The third-order valence-electron chi connectivity index (χ3n) is 2.25. The zero-order valence-electron chi connectivity index (χ0n) is 7.11. The van der Waals surface area contributed by atoms with Crippen molar-refractivity contribution in [3.63, 3.8) is 0 Å². The molecule has 1 N–H and O–H groups in total. The van der Waals surface area contributed by atoms with Crippen LogP contribution in [-0.4, -0.2) is 28.1 Å². The second-order valence-corrected chi connectivity index (χ2v) is 3.91. The normalized spacial score (nSPS) is 22.5. The van der Waals surface area contributed by atoms with E-state index in [1.807, 2.05) is 4.68 Å². The summed E-state index contributed by atoms with van der Waals surface area (Å²) < 4.78 is 7.97. The van der Waals surface area contributed by atoms with Gasteiger partial charge in [-0.05, 0) is 22.4 Å². The van der Waals surface area contributed by atoms with Crippen LogP contribution in [0.15, 0.2) is 10.7 Å². The van der Waals surface area contributed by atoms with Crippen molar-refractivity contribution in [2.75, 3.05) is 13.2 Å². The highest BCUT2D eigenvalue weighted by Gasteiger charge is 2.21. The second kappa shape index (κ2) is 3.77. The Morgan fingerprint density at radius 2 is 2.62 bits per heavy atom. The number of hydrogen-bond acceptors (Lipinski definition) is 3. The van der Waals surface area contributed by atoms with Gasteiger partial charge in [-0.3, -0.25) is 4.68 Å². The number of aliphatic hydroxyl groups is 1. The fraction of sp³-hybridized carbons (Fsp3) is 0.625. The van der Waals surface area contributed by atoms with Gasteiger partial charge in [0.1, 0.15) is 0 Å². The van der Waals surface area contributed by atoms with E-state index in [0.29, 0.717) is 6.61 Å². The predicted octanol–water partition coefficient (Wildman–Crippen LogP) is 1.10. The lowest BCUT2D eigenvalue weighted by atomic mass is 10.2. The third-order valence-corrected chi connectivity index (χ3v) is 2.91. The standard InChI is InChI=1S/C8H11BrN2O2/c9-7-3-10-11(8(7)4-12)6-1-2-13-5-6/h3,6,12H,1-2,4-5H2. The molecule has 0 spiro atoms. The van der Waals surface area contributed by atoms with E-state index in [0.717, 1.165) is 23.2 Å². The summed E-state index contributed by atoms with van der Waals surface area (Å²) in [6.45, 7) is 1.49. The highest BCUT2D eigenvalue weighted by Crippen LogP contribution is 2.24. The fourth-order valence-electron chi connectivity index (χ4n) is 1.54. The van der Waals surface area contributed by atoms with Crippen molar-refractivity contribution in [3.05, 3.63) is 16.4 Å². The average molecular weight is 247 g/mol. The molecule has 0 amide bonds. The van der Waals surface area contributed by atoms with Gasteiger partial charge in [0, 0.05) is 6.61 Å². The van der Waals surface area contributed by atoms with Crippen molar-refractivity contribution in [2.45, 2.75) is 19.1 Å². The van der Waals surface area contributed by atoms with Gasteiger partial charge in [0.2, 0.25) is 0 Å². The Morgan fingerprint density at radius 3 is 3.23 bits per heavy atom. The first-order chi connectivity index (χ1) is 6.33.